The highest BCUT2D eigenvalue weighted by molar-refractivity contribution is 5.96. The highest BCUT2D eigenvalue weighted by Gasteiger charge is 2.33. The van der Waals surface area contributed by atoms with E-state index in [4.69, 9.17) is 10.5 Å². The van der Waals surface area contributed by atoms with Crippen LogP contribution in [0.1, 0.15) is 64.5 Å². The molecule has 0 aliphatic carbocycles. The number of aromatic amines is 1. The van der Waals surface area contributed by atoms with Crippen molar-refractivity contribution in [3.63, 3.8) is 0 Å². The van der Waals surface area contributed by atoms with Crippen molar-refractivity contribution >= 4 is 46.6 Å². The van der Waals surface area contributed by atoms with Gasteiger partial charge in [0.15, 0.2) is 0 Å². The van der Waals surface area contributed by atoms with E-state index in [1.54, 1.807) is 57.3 Å². The number of rotatable bonds is 17. The standard InChI is InChI=1S/C35H46N6O8/c1-5-6-15-25(31(45)40-28(19-29(42)43)33(47)39-26(30(36)44)17-21-12-8-7-9-13-21)38-32(46)27(41-34(48)49-35(2,3)4)18-22-20-37-24-16-11-10-14-23(22)24/h7-14,16,20,25-28,37H,5-6,15,17-19H2,1-4H3,(H2,36,44)(H,38,46)(H,39,47)(H,40,45)(H,41,48)(H,42,43)/t25-,26-,27-,28-/m0/s1. The number of carbonyl (C=O) groups excluding carboxylic acids is 5. The highest BCUT2D eigenvalue weighted by Crippen LogP contribution is 2.20. The molecule has 14 nitrogen and oxygen atoms in total. The Morgan fingerprint density at radius 2 is 1.39 bits per heavy atom. The molecule has 0 spiro atoms. The lowest BCUT2D eigenvalue weighted by molar-refractivity contribution is -0.141. The van der Waals surface area contributed by atoms with Crippen molar-refractivity contribution in [2.75, 3.05) is 0 Å². The number of hydrogen-bond donors (Lipinski definition) is 7. The number of benzene rings is 2. The van der Waals surface area contributed by atoms with E-state index in [0.29, 0.717) is 18.4 Å². The van der Waals surface area contributed by atoms with E-state index in [2.05, 4.69) is 26.3 Å². The number of ether oxygens (including phenoxy) is 1. The van der Waals surface area contributed by atoms with E-state index in [1.807, 2.05) is 31.2 Å². The van der Waals surface area contributed by atoms with E-state index in [9.17, 15) is 33.9 Å². The number of hydrogen-bond acceptors (Lipinski definition) is 7. The van der Waals surface area contributed by atoms with Gasteiger partial charge in [-0.15, -0.1) is 0 Å². The summed E-state index contributed by atoms with van der Waals surface area (Å²) < 4.78 is 5.39. The maximum absolute atomic E-state index is 13.8. The quantitative estimate of drug-likeness (QED) is 0.112. The number of fused-ring (bicyclic) bond motifs is 1. The highest BCUT2D eigenvalue weighted by atomic mass is 16.6. The molecule has 264 valence electrons. The maximum Gasteiger partial charge on any atom is 0.408 e. The van der Waals surface area contributed by atoms with Crippen molar-refractivity contribution in [2.45, 2.75) is 96.0 Å². The van der Waals surface area contributed by atoms with E-state index in [-0.39, 0.29) is 19.3 Å². The third-order valence-electron chi connectivity index (χ3n) is 7.54. The average molecular weight is 679 g/mol. The first kappa shape index (κ1) is 38.1. The molecule has 0 fully saturated rings. The van der Waals surface area contributed by atoms with Gasteiger partial charge in [-0.25, -0.2) is 4.79 Å². The monoisotopic (exact) mass is 678 g/mol. The minimum Gasteiger partial charge on any atom is -0.481 e. The van der Waals surface area contributed by atoms with Crippen LogP contribution in [0.2, 0.25) is 0 Å². The van der Waals surface area contributed by atoms with Crippen molar-refractivity contribution in [3.8, 4) is 0 Å². The number of para-hydroxylation sites is 1. The number of alkyl carbamates (subject to hydrolysis) is 1. The van der Waals surface area contributed by atoms with Gasteiger partial charge in [0.1, 0.15) is 29.8 Å². The Morgan fingerprint density at radius 1 is 0.796 bits per heavy atom. The number of carboxylic acid groups (broad SMARTS) is 1. The molecule has 0 unspecified atom stereocenters. The van der Waals surface area contributed by atoms with Crippen molar-refractivity contribution in [1.82, 2.24) is 26.3 Å². The molecule has 0 bridgehead atoms. The van der Waals surface area contributed by atoms with Crippen molar-refractivity contribution < 1.29 is 38.6 Å². The van der Waals surface area contributed by atoms with Gasteiger partial charge in [-0.1, -0.05) is 68.3 Å². The summed E-state index contributed by atoms with van der Waals surface area (Å²) in [7, 11) is 0. The lowest BCUT2D eigenvalue weighted by Gasteiger charge is -2.26. The van der Waals surface area contributed by atoms with Crippen molar-refractivity contribution in [3.05, 3.63) is 71.9 Å². The molecular weight excluding hydrogens is 632 g/mol. The molecular formula is C35H46N6O8. The summed E-state index contributed by atoms with van der Waals surface area (Å²) in [4.78, 5) is 80.5. The van der Waals surface area contributed by atoms with Gasteiger partial charge in [0, 0.05) is 29.9 Å². The summed E-state index contributed by atoms with van der Waals surface area (Å²) in [6, 6.07) is 11.1. The molecule has 5 amide bonds. The van der Waals surface area contributed by atoms with Crippen LogP contribution in [-0.2, 0) is 41.6 Å². The van der Waals surface area contributed by atoms with Crippen molar-refractivity contribution in [1.29, 1.82) is 0 Å². The minimum absolute atomic E-state index is 0.0489. The first-order chi connectivity index (χ1) is 23.2. The van der Waals surface area contributed by atoms with Gasteiger partial charge in [-0.2, -0.15) is 0 Å². The third kappa shape index (κ3) is 12.3. The predicted molar refractivity (Wildman–Crippen MR) is 182 cm³/mol. The molecule has 0 saturated heterocycles. The minimum atomic E-state index is -1.59. The normalized spacial score (nSPS) is 13.7. The zero-order valence-corrected chi connectivity index (χ0v) is 28.2. The number of nitrogens with two attached hydrogens (primary N) is 1. The second-order valence-electron chi connectivity index (χ2n) is 12.8. The second-order valence-corrected chi connectivity index (χ2v) is 12.8. The van der Waals surface area contributed by atoms with Gasteiger partial charge in [-0.3, -0.25) is 24.0 Å². The molecule has 3 aromatic rings. The fraction of sp³-hybridized carbons (Fsp3) is 0.429. The molecule has 4 atom stereocenters. The number of nitrogens with one attached hydrogen (secondary N) is 5. The zero-order valence-electron chi connectivity index (χ0n) is 28.2. The summed E-state index contributed by atoms with van der Waals surface area (Å²) in [6.07, 6.45) is 1.51. The molecule has 2 aromatic carbocycles. The van der Waals surface area contributed by atoms with Gasteiger partial charge in [0.25, 0.3) is 0 Å². The molecule has 1 aromatic heterocycles. The first-order valence-electron chi connectivity index (χ1n) is 16.2. The lowest BCUT2D eigenvalue weighted by atomic mass is 10.0. The number of amides is 5. The number of primary amides is 1. The summed E-state index contributed by atoms with van der Waals surface area (Å²) in [5.74, 6) is -4.66. The van der Waals surface area contributed by atoms with Gasteiger partial charge in [0.05, 0.1) is 6.42 Å². The smallest absolute Gasteiger partial charge is 0.408 e. The van der Waals surface area contributed by atoms with E-state index >= 15 is 0 Å². The Morgan fingerprint density at radius 3 is 2.02 bits per heavy atom. The van der Waals surface area contributed by atoms with Crippen LogP contribution in [0, 0.1) is 0 Å². The van der Waals surface area contributed by atoms with Crippen molar-refractivity contribution in [2.24, 2.45) is 5.73 Å². The predicted octanol–water partition coefficient (Wildman–Crippen LogP) is 2.45. The molecule has 0 saturated carbocycles. The Balaban J connectivity index is 1.81. The number of unbranched alkanes of at least 4 members (excludes halogenated alkanes) is 1. The van der Waals surface area contributed by atoms with E-state index in [0.717, 1.165) is 16.5 Å². The lowest BCUT2D eigenvalue weighted by Crippen LogP contribution is -2.59. The summed E-state index contributed by atoms with van der Waals surface area (Å²) in [6.45, 7) is 6.94. The number of carboxylic acids is 1. The SMILES string of the molecule is CCCC[C@H](NC(=O)[C@H](Cc1c[nH]c2ccccc12)NC(=O)OC(C)(C)C)C(=O)N[C@@H](CC(=O)O)C(=O)N[C@@H](Cc1ccccc1)C(N)=O. The Kier molecular flexibility index (Phi) is 13.7. The molecule has 14 heteroatoms. The summed E-state index contributed by atoms with van der Waals surface area (Å²) >= 11 is 0. The second kappa shape index (κ2) is 17.7. The number of aromatic nitrogens is 1. The Hall–Kier alpha value is -5.40. The van der Waals surface area contributed by atoms with Crippen LogP contribution in [0.3, 0.4) is 0 Å². The molecule has 0 aliphatic heterocycles. The summed E-state index contributed by atoms with van der Waals surface area (Å²) in [5, 5.41) is 20.6. The van der Waals surface area contributed by atoms with Crippen LogP contribution < -0.4 is 27.0 Å². The van der Waals surface area contributed by atoms with Crippen LogP contribution in [0.15, 0.2) is 60.8 Å². The molecule has 49 heavy (non-hydrogen) atoms. The Labute approximate surface area is 284 Å². The van der Waals surface area contributed by atoms with Crippen LogP contribution in [0.5, 0.6) is 0 Å². The van der Waals surface area contributed by atoms with Gasteiger partial charge < -0.3 is 41.8 Å². The Bertz CT molecular complexity index is 1620. The van der Waals surface area contributed by atoms with E-state index in [1.165, 1.54) is 0 Å². The fourth-order valence-electron chi connectivity index (χ4n) is 5.13. The number of H-pyrrole nitrogens is 1. The van der Waals surface area contributed by atoms with Crippen LogP contribution in [0.25, 0.3) is 10.9 Å². The number of carbonyl (C=O) groups is 6. The average Bonchev–Trinajstić information content (AvgIpc) is 3.43. The van der Waals surface area contributed by atoms with Gasteiger partial charge in [-0.05, 0) is 44.4 Å². The topological polar surface area (TPSA) is 222 Å². The molecule has 0 aliphatic rings. The van der Waals surface area contributed by atoms with Gasteiger partial charge in [0.2, 0.25) is 23.6 Å². The van der Waals surface area contributed by atoms with Crippen LogP contribution in [-0.4, -0.2) is 75.6 Å². The van der Waals surface area contributed by atoms with Crippen LogP contribution >= 0.6 is 0 Å². The largest absolute Gasteiger partial charge is 0.481 e. The molecule has 1 heterocycles. The fourth-order valence-corrected chi connectivity index (χ4v) is 5.13. The number of aliphatic carboxylic acids is 1. The third-order valence-corrected chi connectivity index (χ3v) is 7.54. The zero-order chi connectivity index (χ0) is 36.1. The first-order valence-corrected chi connectivity index (χ1v) is 16.2. The molecule has 3 rings (SSSR count). The van der Waals surface area contributed by atoms with E-state index < -0.39 is 71.9 Å². The maximum atomic E-state index is 13.8. The molecule has 0 radical (unpaired) electrons. The summed E-state index contributed by atoms with van der Waals surface area (Å²) in [5.41, 5.74) is 6.95. The molecule has 8 N–H and O–H groups in total. The van der Waals surface area contributed by atoms with Gasteiger partial charge >= 0.3 is 12.1 Å². The van der Waals surface area contributed by atoms with Crippen LogP contribution in [0.4, 0.5) is 4.79 Å².